The third-order valence-electron chi connectivity index (χ3n) is 7.08. The Hall–Kier alpha value is -2.60. The Bertz CT molecular complexity index is 1060. The summed E-state index contributed by atoms with van der Waals surface area (Å²) < 4.78 is 2.36. The summed E-state index contributed by atoms with van der Waals surface area (Å²) in [6.45, 7) is 14.8. The number of aromatic hydroxyl groups is 1. The molecule has 0 radical (unpaired) electrons. The van der Waals surface area contributed by atoms with Crippen LogP contribution < -0.4 is 4.90 Å². The van der Waals surface area contributed by atoms with Crippen molar-refractivity contribution >= 4 is 16.7 Å². The van der Waals surface area contributed by atoms with Crippen LogP contribution in [-0.4, -0.2) is 44.4 Å². The van der Waals surface area contributed by atoms with Crippen molar-refractivity contribution in [1.29, 1.82) is 0 Å². The van der Waals surface area contributed by atoms with Crippen LogP contribution >= 0.6 is 0 Å². The number of imidazole rings is 1. The molecule has 6 heteroatoms. The number of aromatic nitrogens is 3. The van der Waals surface area contributed by atoms with Gasteiger partial charge in [0.1, 0.15) is 11.6 Å². The molecule has 1 saturated heterocycles. The van der Waals surface area contributed by atoms with Gasteiger partial charge in [-0.15, -0.1) is 0 Å². The highest BCUT2D eigenvalue weighted by atomic mass is 16.3. The average Bonchev–Trinajstić information content (AvgIpc) is 3.66. The number of phenolic OH excluding ortho intramolecular Hbond substituents is 1. The van der Waals surface area contributed by atoms with Crippen LogP contribution in [0.3, 0.4) is 0 Å². The quantitative estimate of drug-likeness (QED) is 0.381. The number of benzene rings is 1. The lowest BCUT2D eigenvalue weighted by Crippen LogP contribution is -2.33. The van der Waals surface area contributed by atoms with Crippen LogP contribution in [0.1, 0.15) is 79.0 Å². The number of hydrogen-bond acceptors (Lipinski definition) is 5. The van der Waals surface area contributed by atoms with Crippen molar-refractivity contribution in [3.8, 4) is 5.75 Å². The average molecular weight is 509 g/mol. The molecule has 2 aromatic heterocycles. The maximum absolute atomic E-state index is 9.61. The predicted molar refractivity (Wildman–Crippen MR) is 154 cm³/mol. The summed E-state index contributed by atoms with van der Waals surface area (Å²) in [6, 6.07) is 9.73. The number of phenols is 1. The van der Waals surface area contributed by atoms with Gasteiger partial charge in [-0.2, -0.15) is 0 Å². The summed E-state index contributed by atoms with van der Waals surface area (Å²) in [6.07, 6.45) is 12.3. The lowest BCUT2D eigenvalue weighted by Gasteiger charge is -2.33. The monoisotopic (exact) mass is 508 g/mol. The molecule has 3 aromatic rings. The van der Waals surface area contributed by atoms with E-state index in [0.717, 1.165) is 48.1 Å². The van der Waals surface area contributed by atoms with Crippen LogP contribution in [0.2, 0.25) is 0 Å². The van der Waals surface area contributed by atoms with Crippen LogP contribution in [0.25, 0.3) is 11.0 Å². The number of fused-ring (bicyclic) bond motifs is 1. The minimum Gasteiger partial charge on any atom is -0.508 e. The molecular formula is C31H48N4O2. The van der Waals surface area contributed by atoms with E-state index >= 15 is 0 Å². The van der Waals surface area contributed by atoms with Crippen molar-refractivity contribution in [2.75, 3.05) is 24.6 Å². The Morgan fingerprint density at radius 3 is 2.14 bits per heavy atom. The topological polar surface area (TPSA) is 74.4 Å². The van der Waals surface area contributed by atoms with E-state index in [1.807, 2.05) is 25.4 Å². The van der Waals surface area contributed by atoms with E-state index in [1.54, 1.807) is 12.1 Å². The van der Waals surface area contributed by atoms with Gasteiger partial charge in [0.25, 0.3) is 0 Å². The van der Waals surface area contributed by atoms with Gasteiger partial charge >= 0.3 is 0 Å². The first-order valence-corrected chi connectivity index (χ1v) is 14.2. The van der Waals surface area contributed by atoms with Crippen molar-refractivity contribution in [3.05, 3.63) is 48.5 Å². The molecule has 1 aliphatic carbocycles. The second-order valence-electron chi connectivity index (χ2n) is 11.8. The van der Waals surface area contributed by atoms with Crippen LogP contribution in [0.15, 0.2) is 42.7 Å². The summed E-state index contributed by atoms with van der Waals surface area (Å²) in [5, 5.41) is 17.5. The molecule has 2 aliphatic rings. The molecule has 5 rings (SSSR count). The number of anilines is 1. The molecule has 37 heavy (non-hydrogen) atoms. The smallest absolute Gasteiger partial charge is 0.117 e. The highest BCUT2D eigenvalue weighted by Crippen LogP contribution is 2.34. The Morgan fingerprint density at radius 2 is 1.59 bits per heavy atom. The lowest BCUT2D eigenvalue weighted by atomic mass is 9.92. The number of aliphatic hydroxyl groups is 1. The minimum atomic E-state index is 0.227. The van der Waals surface area contributed by atoms with Crippen molar-refractivity contribution < 1.29 is 10.2 Å². The fourth-order valence-electron chi connectivity index (χ4n) is 4.69. The van der Waals surface area contributed by atoms with Crippen molar-refractivity contribution in [2.24, 2.45) is 17.3 Å². The maximum Gasteiger partial charge on any atom is 0.117 e. The minimum absolute atomic E-state index is 0.227. The second kappa shape index (κ2) is 13.8. The molecular weight excluding hydrogens is 460 g/mol. The molecule has 0 bridgehead atoms. The fourth-order valence-corrected chi connectivity index (χ4v) is 4.69. The highest BCUT2D eigenvalue weighted by molar-refractivity contribution is 5.77. The van der Waals surface area contributed by atoms with Gasteiger partial charge < -0.3 is 19.7 Å². The molecule has 0 atom stereocenters. The van der Waals surface area contributed by atoms with Gasteiger partial charge in [0.15, 0.2) is 0 Å². The Kier molecular flexibility index (Phi) is 10.8. The van der Waals surface area contributed by atoms with Crippen molar-refractivity contribution in [1.82, 2.24) is 14.5 Å². The molecule has 0 spiro atoms. The SMILES string of the molecule is CC(C)(C)Cc1nc2cc(O)ccc2n1CC1CC1.CCC1CCN(c2ccncc2)CC1.CCCO. The standard InChI is InChI=1S/C16H22N2O.C12H18N2.C3H8O/c1-16(2,3)9-15-17-13-8-12(19)6-7-14(13)18(15)10-11-4-5-11;1-2-11-5-9-14(10-6-11)12-3-7-13-8-4-12;1-2-3-4/h6-8,11,19H,4-5,9-10H2,1-3H3;3-4,7-8,11H,2,5-6,9-10H2,1H3;4H,2-3H2,1H3. The first-order valence-electron chi connectivity index (χ1n) is 14.2. The second-order valence-corrected chi connectivity index (χ2v) is 11.8. The van der Waals surface area contributed by atoms with E-state index in [4.69, 9.17) is 10.1 Å². The molecule has 3 heterocycles. The van der Waals surface area contributed by atoms with Gasteiger partial charge in [-0.3, -0.25) is 4.98 Å². The highest BCUT2D eigenvalue weighted by Gasteiger charge is 2.25. The lowest BCUT2D eigenvalue weighted by molar-refractivity contribution is 0.295. The molecule has 204 valence electrons. The predicted octanol–water partition coefficient (Wildman–Crippen LogP) is 6.84. The summed E-state index contributed by atoms with van der Waals surface area (Å²) in [5.41, 5.74) is 3.63. The van der Waals surface area contributed by atoms with E-state index in [2.05, 4.69) is 54.3 Å². The largest absolute Gasteiger partial charge is 0.508 e. The Balaban J connectivity index is 0.000000186. The summed E-state index contributed by atoms with van der Waals surface area (Å²) in [7, 11) is 0. The summed E-state index contributed by atoms with van der Waals surface area (Å²) in [5.74, 6) is 3.23. The molecule has 0 amide bonds. The van der Waals surface area contributed by atoms with Gasteiger partial charge in [-0.1, -0.05) is 41.0 Å². The molecule has 2 N–H and O–H groups in total. The zero-order valence-electron chi connectivity index (χ0n) is 23.7. The number of nitrogens with zero attached hydrogens (tertiary/aromatic N) is 4. The molecule has 1 saturated carbocycles. The number of rotatable bonds is 6. The van der Waals surface area contributed by atoms with E-state index in [0.29, 0.717) is 12.4 Å². The van der Waals surface area contributed by atoms with Gasteiger partial charge in [-0.25, -0.2) is 4.98 Å². The number of pyridine rings is 1. The molecule has 0 unspecified atom stereocenters. The van der Waals surface area contributed by atoms with Gasteiger partial charge in [-0.05, 0) is 73.6 Å². The summed E-state index contributed by atoms with van der Waals surface area (Å²) >= 11 is 0. The molecule has 2 fully saturated rings. The first kappa shape index (κ1) is 29.0. The Morgan fingerprint density at radius 1 is 0.946 bits per heavy atom. The molecule has 1 aromatic carbocycles. The van der Waals surface area contributed by atoms with Crippen LogP contribution in [0.5, 0.6) is 5.75 Å². The van der Waals surface area contributed by atoms with Crippen molar-refractivity contribution in [2.45, 2.75) is 86.1 Å². The first-order chi connectivity index (χ1) is 17.7. The number of piperidine rings is 1. The zero-order chi connectivity index (χ0) is 26.8. The fraction of sp³-hybridized carbons (Fsp3) is 0.613. The molecule has 1 aliphatic heterocycles. The number of aliphatic hydroxyl groups excluding tert-OH is 1. The third-order valence-corrected chi connectivity index (χ3v) is 7.08. The number of hydrogen-bond donors (Lipinski definition) is 2. The Labute approximate surface area is 223 Å². The van der Waals surface area contributed by atoms with Gasteiger partial charge in [0.05, 0.1) is 11.0 Å². The van der Waals surface area contributed by atoms with E-state index in [1.165, 1.54) is 50.9 Å². The summed E-state index contributed by atoms with van der Waals surface area (Å²) in [4.78, 5) is 11.3. The van der Waals surface area contributed by atoms with Gasteiger partial charge in [0, 0.05) is 56.8 Å². The van der Waals surface area contributed by atoms with E-state index in [-0.39, 0.29) is 5.41 Å². The molecule has 6 nitrogen and oxygen atoms in total. The third kappa shape index (κ3) is 9.33. The maximum atomic E-state index is 9.61. The van der Waals surface area contributed by atoms with E-state index < -0.39 is 0 Å². The zero-order valence-corrected chi connectivity index (χ0v) is 23.7. The van der Waals surface area contributed by atoms with Crippen LogP contribution in [0.4, 0.5) is 5.69 Å². The van der Waals surface area contributed by atoms with E-state index in [9.17, 15) is 5.11 Å². The van der Waals surface area contributed by atoms with Crippen LogP contribution in [0, 0.1) is 17.3 Å². The van der Waals surface area contributed by atoms with Crippen molar-refractivity contribution in [3.63, 3.8) is 0 Å². The van der Waals surface area contributed by atoms with Gasteiger partial charge in [0.2, 0.25) is 0 Å². The normalized spacial score (nSPS) is 16.1. The van der Waals surface area contributed by atoms with Crippen LogP contribution in [-0.2, 0) is 13.0 Å².